The number of fused-ring (bicyclic) bond motifs is 1. The summed E-state index contributed by atoms with van der Waals surface area (Å²) in [5.74, 6) is -0.207. The van der Waals surface area contributed by atoms with E-state index in [1.54, 1.807) is 31.1 Å². The first kappa shape index (κ1) is 17.2. The fourth-order valence-corrected chi connectivity index (χ4v) is 2.78. The van der Waals surface area contributed by atoms with Gasteiger partial charge in [0.05, 0.1) is 6.10 Å². The molecule has 1 aliphatic heterocycles. The number of benzene rings is 1. The van der Waals surface area contributed by atoms with E-state index in [1.807, 2.05) is 13.0 Å². The van der Waals surface area contributed by atoms with Gasteiger partial charge in [-0.15, -0.1) is 0 Å². The molecule has 0 saturated carbocycles. The molecule has 7 nitrogen and oxygen atoms in total. The van der Waals surface area contributed by atoms with Crippen molar-refractivity contribution in [2.45, 2.75) is 13.0 Å². The summed E-state index contributed by atoms with van der Waals surface area (Å²) in [5.41, 5.74) is 1.87. The van der Waals surface area contributed by atoms with E-state index in [-0.39, 0.29) is 30.1 Å². The topological polar surface area (TPSA) is 82.7 Å². The van der Waals surface area contributed by atoms with Crippen molar-refractivity contribution in [3.8, 4) is 0 Å². The zero-order valence-corrected chi connectivity index (χ0v) is 14.5. The third kappa shape index (κ3) is 3.56. The molecule has 2 aromatic rings. The van der Waals surface area contributed by atoms with E-state index in [1.165, 1.54) is 11.0 Å². The van der Waals surface area contributed by atoms with Crippen molar-refractivity contribution in [2.24, 2.45) is 0 Å². The van der Waals surface area contributed by atoms with Crippen LogP contribution >= 0.6 is 0 Å². The number of ether oxygens (including phenoxy) is 1. The van der Waals surface area contributed by atoms with Gasteiger partial charge in [0, 0.05) is 49.7 Å². The fraction of sp³-hybridized carbons (Fsp3) is 0.389. The molecule has 1 fully saturated rings. The fourth-order valence-electron chi connectivity index (χ4n) is 2.78. The second-order valence-corrected chi connectivity index (χ2v) is 6.51. The van der Waals surface area contributed by atoms with Gasteiger partial charge in [-0.2, -0.15) is 0 Å². The summed E-state index contributed by atoms with van der Waals surface area (Å²) in [4.78, 5) is 41.5. The average molecular weight is 343 g/mol. The Balaban J connectivity index is 1.64. The number of hydrogen-bond donors (Lipinski definition) is 1. The molecule has 1 aromatic heterocycles. The normalized spacial score (nSPS) is 14.4. The monoisotopic (exact) mass is 343 g/mol. The van der Waals surface area contributed by atoms with Gasteiger partial charge in [-0.25, -0.2) is 0 Å². The molecule has 25 heavy (non-hydrogen) atoms. The summed E-state index contributed by atoms with van der Waals surface area (Å²) in [5, 5.41) is 0.920. The van der Waals surface area contributed by atoms with Crippen LogP contribution in [0.1, 0.15) is 15.9 Å². The van der Waals surface area contributed by atoms with Gasteiger partial charge in [0.15, 0.2) is 0 Å². The molecule has 132 valence electrons. The SMILES string of the molecule is Cc1cc(=O)[nH]c2cc(C(=O)N3CC(OCC(=O)N(C)C)C3)ccc12. The largest absolute Gasteiger partial charge is 0.365 e. The van der Waals surface area contributed by atoms with Crippen LogP contribution in [0.4, 0.5) is 0 Å². The summed E-state index contributed by atoms with van der Waals surface area (Å²) in [6.07, 6.45) is -0.115. The number of likely N-dealkylation sites (N-methyl/N-ethyl adjacent to an activating group) is 1. The summed E-state index contributed by atoms with van der Waals surface area (Å²) in [6, 6.07) is 6.85. The lowest BCUT2D eigenvalue weighted by atomic mass is 10.0. The van der Waals surface area contributed by atoms with Gasteiger partial charge in [0.25, 0.3) is 5.91 Å². The molecule has 3 rings (SSSR count). The van der Waals surface area contributed by atoms with Gasteiger partial charge in [0.1, 0.15) is 6.61 Å². The molecule has 0 spiro atoms. The quantitative estimate of drug-likeness (QED) is 0.889. The Morgan fingerprint density at radius 1 is 1.28 bits per heavy atom. The zero-order valence-electron chi connectivity index (χ0n) is 14.5. The molecular formula is C18H21N3O4. The number of rotatable bonds is 4. The highest BCUT2D eigenvalue weighted by molar-refractivity contribution is 5.98. The number of aromatic amines is 1. The van der Waals surface area contributed by atoms with E-state index in [9.17, 15) is 14.4 Å². The summed E-state index contributed by atoms with van der Waals surface area (Å²) in [7, 11) is 3.35. The van der Waals surface area contributed by atoms with E-state index in [0.29, 0.717) is 24.2 Å². The molecule has 0 atom stereocenters. The first-order chi connectivity index (χ1) is 11.8. The van der Waals surface area contributed by atoms with Gasteiger partial charge in [-0.1, -0.05) is 6.07 Å². The molecule has 1 aliphatic rings. The second-order valence-electron chi connectivity index (χ2n) is 6.51. The van der Waals surface area contributed by atoms with Crippen LogP contribution in [-0.4, -0.2) is 66.5 Å². The maximum atomic E-state index is 12.5. The van der Waals surface area contributed by atoms with Crippen LogP contribution in [0.2, 0.25) is 0 Å². The highest BCUT2D eigenvalue weighted by atomic mass is 16.5. The lowest BCUT2D eigenvalue weighted by Crippen LogP contribution is -2.55. The second kappa shape index (κ2) is 6.68. The lowest BCUT2D eigenvalue weighted by Gasteiger charge is -2.38. The van der Waals surface area contributed by atoms with E-state index >= 15 is 0 Å². The number of nitrogens with zero attached hydrogens (tertiary/aromatic N) is 2. The molecule has 0 aliphatic carbocycles. The first-order valence-electron chi connectivity index (χ1n) is 8.10. The Bertz CT molecular complexity index is 882. The number of nitrogens with one attached hydrogen (secondary N) is 1. The molecule has 2 amide bonds. The predicted octanol–water partition coefficient (Wildman–Crippen LogP) is 0.766. The van der Waals surface area contributed by atoms with Crippen LogP contribution in [0.15, 0.2) is 29.1 Å². The van der Waals surface area contributed by atoms with Crippen LogP contribution in [0.5, 0.6) is 0 Å². The first-order valence-corrected chi connectivity index (χ1v) is 8.10. The molecule has 1 saturated heterocycles. The molecule has 0 bridgehead atoms. The number of hydrogen-bond acceptors (Lipinski definition) is 4. The summed E-state index contributed by atoms with van der Waals surface area (Å²) in [6.45, 7) is 2.81. The number of amides is 2. The van der Waals surface area contributed by atoms with Crippen molar-refractivity contribution < 1.29 is 14.3 Å². The number of carbonyl (C=O) groups is 2. The molecule has 1 aromatic carbocycles. The number of carbonyl (C=O) groups excluding carboxylic acids is 2. The zero-order chi connectivity index (χ0) is 18.1. The molecule has 0 unspecified atom stereocenters. The van der Waals surface area contributed by atoms with Crippen LogP contribution in [0, 0.1) is 6.92 Å². The standard InChI is InChI=1S/C18H21N3O4/c1-11-6-16(22)19-15-7-12(4-5-14(11)15)18(24)21-8-13(9-21)25-10-17(23)20(2)3/h4-7,13H,8-10H2,1-3H3,(H,19,22). The third-order valence-corrected chi connectivity index (χ3v) is 4.37. The van der Waals surface area contributed by atoms with Crippen LogP contribution in [-0.2, 0) is 9.53 Å². The molecule has 1 N–H and O–H groups in total. The number of likely N-dealkylation sites (tertiary alicyclic amines) is 1. The van der Waals surface area contributed by atoms with Crippen molar-refractivity contribution >= 4 is 22.7 Å². The molecule has 0 radical (unpaired) electrons. The van der Waals surface area contributed by atoms with E-state index in [4.69, 9.17) is 4.74 Å². The minimum absolute atomic E-state index is 0.0240. The van der Waals surface area contributed by atoms with Crippen LogP contribution < -0.4 is 5.56 Å². The van der Waals surface area contributed by atoms with Gasteiger partial charge < -0.3 is 19.5 Å². The molecule has 2 heterocycles. The minimum Gasteiger partial charge on any atom is -0.365 e. The Labute approximate surface area is 145 Å². The van der Waals surface area contributed by atoms with E-state index in [2.05, 4.69) is 4.98 Å². The number of H-pyrrole nitrogens is 1. The summed E-state index contributed by atoms with van der Waals surface area (Å²) >= 11 is 0. The number of aromatic nitrogens is 1. The van der Waals surface area contributed by atoms with Crippen molar-refractivity contribution in [3.63, 3.8) is 0 Å². The molecule has 7 heteroatoms. The highest BCUT2D eigenvalue weighted by Crippen LogP contribution is 2.20. The van der Waals surface area contributed by atoms with Gasteiger partial charge in [-0.3, -0.25) is 14.4 Å². The Kier molecular flexibility index (Phi) is 4.59. The van der Waals surface area contributed by atoms with Gasteiger partial charge >= 0.3 is 0 Å². The molecular weight excluding hydrogens is 322 g/mol. The smallest absolute Gasteiger partial charge is 0.254 e. The average Bonchev–Trinajstić information content (AvgIpc) is 2.51. The van der Waals surface area contributed by atoms with Crippen molar-refractivity contribution in [1.29, 1.82) is 0 Å². The summed E-state index contributed by atoms with van der Waals surface area (Å²) < 4.78 is 5.49. The maximum Gasteiger partial charge on any atom is 0.254 e. The number of aryl methyl sites for hydroxylation is 1. The van der Waals surface area contributed by atoms with E-state index in [0.717, 1.165) is 10.9 Å². The Morgan fingerprint density at radius 2 is 2.00 bits per heavy atom. The van der Waals surface area contributed by atoms with Gasteiger partial charge in [-0.05, 0) is 24.6 Å². The predicted molar refractivity (Wildman–Crippen MR) is 93.6 cm³/mol. The Hall–Kier alpha value is -2.67. The van der Waals surface area contributed by atoms with Gasteiger partial charge in [0.2, 0.25) is 11.5 Å². The van der Waals surface area contributed by atoms with E-state index < -0.39 is 0 Å². The van der Waals surface area contributed by atoms with Crippen molar-refractivity contribution in [1.82, 2.24) is 14.8 Å². The van der Waals surface area contributed by atoms with Crippen molar-refractivity contribution in [3.05, 3.63) is 45.7 Å². The van der Waals surface area contributed by atoms with Crippen molar-refractivity contribution in [2.75, 3.05) is 33.8 Å². The Morgan fingerprint density at radius 3 is 2.68 bits per heavy atom. The third-order valence-electron chi connectivity index (χ3n) is 4.37. The minimum atomic E-state index is -0.183. The number of pyridine rings is 1. The maximum absolute atomic E-state index is 12.5. The highest BCUT2D eigenvalue weighted by Gasteiger charge is 2.32. The lowest BCUT2D eigenvalue weighted by molar-refractivity contribution is -0.138. The van der Waals surface area contributed by atoms with Crippen LogP contribution in [0.3, 0.4) is 0 Å². The van der Waals surface area contributed by atoms with Crippen LogP contribution in [0.25, 0.3) is 10.9 Å².